The lowest BCUT2D eigenvalue weighted by molar-refractivity contribution is -0.135. The first kappa shape index (κ1) is 13.4. The van der Waals surface area contributed by atoms with Crippen LogP contribution in [-0.4, -0.2) is 29.3 Å². The maximum absolute atomic E-state index is 12.0. The number of nitrogens with zero attached hydrogens (tertiary/aromatic N) is 1. The van der Waals surface area contributed by atoms with E-state index in [1.807, 2.05) is 19.1 Å². The van der Waals surface area contributed by atoms with Crippen molar-refractivity contribution in [2.24, 2.45) is 0 Å². The van der Waals surface area contributed by atoms with Crippen molar-refractivity contribution in [3.05, 3.63) is 36.3 Å². The molecule has 1 aromatic rings. The minimum atomic E-state index is -0.405. The van der Waals surface area contributed by atoms with E-state index < -0.39 is 6.04 Å². The van der Waals surface area contributed by atoms with Crippen LogP contribution < -0.4 is 5.32 Å². The van der Waals surface area contributed by atoms with Crippen LogP contribution in [-0.2, 0) is 16.1 Å². The van der Waals surface area contributed by atoms with Crippen molar-refractivity contribution in [2.45, 2.75) is 32.4 Å². The molecule has 2 rings (SSSR count). The highest BCUT2D eigenvalue weighted by Crippen LogP contribution is 2.22. The van der Waals surface area contributed by atoms with Crippen LogP contribution in [0.3, 0.4) is 0 Å². The van der Waals surface area contributed by atoms with E-state index in [4.69, 9.17) is 4.42 Å². The zero-order chi connectivity index (χ0) is 13.8. The molecular weight excluding hydrogens is 244 g/mol. The topological polar surface area (TPSA) is 62.6 Å². The third kappa shape index (κ3) is 3.05. The molecule has 0 spiro atoms. The summed E-state index contributed by atoms with van der Waals surface area (Å²) in [7, 11) is 0. The Morgan fingerprint density at radius 3 is 3.05 bits per heavy atom. The molecule has 1 fully saturated rings. The highest BCUT2D eigenvalue weighted by molar-refractivity contribution is 5.90. The van der Waals surface area contributed by atoms with Crippen LogP contribution in [0.1, 0.15) is 24.4 Å². The van der Waals surface area contributed by atoms with Crippen molar-refractivity contribution in [2.75, 3.05) is 6.54 Å². The second-order valence-electron chi connectivity index (χ2n) is 4.62. The number of carbonyl (C=O) groups is 2. The number of rotatable bonds is 5. The van der Waals surface area contributed by atoms with Crippen LogP contribution >= 0.6 is 0 Å². The summed E-state index contributed by atoms with van der Waals surface area (Å²) < 4.78 is 5.46. The number of aryl methyl sites for hydroxylation is 1. The smallest absolute Gasteiger partial charge is 0.243 e. The van der Waals surface area contributed by atoms with Crippen LogP contribution in [0.4, 0.5) is 0 Å². The maximum atomic E-state index is 12.0. The van der Waals surface area contributed by atoms with Gasteiger partial charge in [0.1, 0.15) is 17.6 Å². The average Bonchev–Trinajstić information content (AvgIpc) is 2.95. The van der Waals surface area contributed by atoms with Crippen molar-refractivity contribution in [1.82, 2.24) is 10.2 Å². The molecule has 1 aromatic heterocycles. The first-order valence-electron chi connectivity index (χ1n) is 6.35. The molecule has 5 nitrogen and oxygen atoms in total. The minimum absolute atomic E-state index is 0.00666. The number of likely N-dealkylation sites (tertiary alicyclic amines) is 1. The molecule has 19 heavy (non-hydrogen) atoms. The molecule has 0 saturated carbocycles. The fourth-order valence-electron chi connectivity index (χ4n) is 2.23. The Bertz CT molecular complexity index is 493. The molecule has 1 N–H and O–H groups in total. The lowest BCUT2D eigenvalue weighted by atomic mass is 10.2. The van der Waals surface area contributed by atoms with E-state index in [0.717, 1.165) is 5.76 Å². The van der Waals surface area contributed by atoms with Crippen molar-refractivity contribution in [1.29, 1.82) is 0 Å². The third-order valence-corrected chi connectivity index (χ3v) is 3.17. The van der Waals surface area contributed by atoms with E-state index in [-0.39, 0.29) is 11.8 Å². The number of hydrogen-bond acceptors (Lipinski definition) is 3. The molecule has 1 atom stereocenters. The molecule has 2 amide bonds. The van der Waals surface area contributed by atoms with Gasteiger partial charge in [-0.05, 0) is 25.5 Å². The second-order valence-corrected chi connectivity index (χ2v) is 4.62. The predicted octanol–water partition coefficient (Wildman–Crippen LogP) is 1.38. The van der Waals surface area contributed by atoms with Gasteiger partial charge in [0.25, 0.3) is 0 Å². The normalized spacial score (nSPS) is 18.7. The summed E-state index contributed by atoms with van der Waals surface area (Å²) in [6.45, 7) is 6.16. The molecular formula is C14H18N2O3. The van der Waals surface area contributed by atoms with Gasteiger partial charge in [-0.1, -0.05) is 6.08 Å². The average molecular weight is 262 g/mol. The highest BCUT2D eigenvalue weighted by atomic mass is 16.3. The van der Waals surface area contributed by atoms with Gasteiger partial charge in [0.15, 0.2) is 0 Å². The maximum Gasteiger partial charge on any atom is 0.243 e. The number of furan rings is 1. The quantitative estimate of drug-likeness (QED) is 0.815. The predicted molar refractivity (Wildman–Crippen MR) is 70.2 cm³/mol. The van der Waals surface area contributed by atoms with Crippen molar-refractivity contribution in [3.63, 3.8) is 0 Å². The summed E-state index contributed by atoms with van der Waals surface area (Å²) in [6, 6.07) is 3.28. The first-order chi connectivity index (χ1) is 9.11. The van der Waals surface area contributed by atoms with Gasteiger partial charge in [0.05, 0.1) is 6.54 Å². The van der Waals surface area contributed by atoms with Crippen LogP contribution in [0.2, 0.25) is 0 Å². The zero-order valence-corrected chi connectivity index (χ0v) is 11.0. The molecule has 102 valence electrons. The number of nitrogens with one attached hydrogen (secondary N) is 1. The van der Waals surface area contributed by atoms with Gasteiger partial charge in [-0.25, -0.2) is 0 Å². The monoisotopic (exact) mass is 262 g/mol. The van der Waals surface area contributed by atoms with Crippen LogP contribution in [0.15, 0.2) is 29.2 Å². The molecule has 1 aliphatic rings. The van der Waals surface area contributed by atoms with E-state index in [9.17, 15) is 9.59 Å². The van der Waals surface area contributed by atoms with Crippen molar-refractivity contribution < 1.29 is 14.0 Å². The first-order valence-corrected chi connectivity index (χ1v) is 6.35. The van der Waals surface area contributed by atoms with E-state index in [2.05, 4.69) is 11.9 Å². The summed E-state index contributed by atoms with van der Waals surface area (Å²) >= 11 is 0. The van der Waals surface area contributed by atoms with E-state index in [1.165, 1.54) is 0 Å². The van der Waals surface area contributed by atoms with E-state index >= 15 is 0 Å². The molecule has 2 heterocycles. The Balaban J connectivity index is 2.04. The molecule has 5 heteroatoms. The second kappa shape index (κ2) is 5.73. The fourth-order valence-corrected chi connectivity index (χ4v) is 2.23. The summed E-state index contributed by atoms with van der Waals surface area (Å²) in [4.78, 5) is 25.4. The van der Waals surface area contributed by atoms with Crippen LogP contribution in [0, 0.1) is 6.92 Å². The summed E-state index contributed by atoms with van der Waals surface area (Å²) in [5.41, 5.74) is 0. The Kier molecular flexibility index (Phi) is 4.04. The Hall–Kier alpha value is -2.04. The molecule has 0 aliphatic carbocycles. The number of amides is 2. The Labute approximate surface area is 112 Å². The highest BCUT2D eigenvalue weighted by Gasteiger charge is 2.36. The van der Waals surface area contributed by atoms with Crippen LogP contribution in [0.25, 0.3) is 0 Å². The van der Waals surface area contributed by atoms with E-state index in [0.29, 0.717) is 31.7 Å². The largest absolute Gasteiger partial charge is 0.464 e. The molecule has 0 aromatic carbocycles. The van der Waals surface area contributed by atoms with Gasteiger partial charge in [-0.2, -0.15) is 0 Å². The van der Waals surface area contributed by atoms with Crippen molar-refractivity contribution >= 4 is 11.8 Å². The lowest BCUT2D eigenvalue weighted by Crippen LogP contribution is -2.44. The van der Waals surface area contributed by atoms with Gasteiger partial charge < -0.3 is 14.6 Å². The number of carbonyl (C=O) groups excluding carboxylic acids is 2. The van der Waals surface area contributed by atoms with E-state index in [1.54, 1.807) is 11.0 Å². The Morgan fingerprint density at radius 2 is 2.42 bits per heavy atom. The summed E-state index contributed by atoms with van der Waals surface area (Å²) in [6.07, 6.45) is 2.59. The summed E-state index contributed by atoms with van der Waals surface area (Å²) in [5, 5.41) is 2.73. The fraction of sp³-hybridized carbons (Fsp3) is 0.429. The van der Waals surface area contributed by atoms with Crippen molar-refractivity contribution in [3.8, 4) is 0 Å². The van der Waals surface area contributed by atoms with Crippen LogP contribution in [0.5, 0.6) is 0 Å². The van der Waals surface area contributed by atoms with Gasteiger partial charge in [0, 0.05) is 13.0 Å². The molecule has 1 aliphatic heterocycles. The van der Waals surface area contributed by atoms with Gasteiger partial charge in [-0.15, -0.1) is 6.58 Å². The zero-order valence-electron chi connectivity index (χ0n) is 11.0. The molecule has 1 unspecified atom stereocenters. The minimum Gasteiger partial charge on any atom is -0.464 e. The number of hydrogen-bond donors (Lipinski definition) is 1. The summed E-state index contributed by atoms with van der Waals surface area (Å²) in [5.74, 6) is 1.37. The molecule has 0 bridgehead atoms. The third-order valence-electron chi connectivity index (χ3n) is 3.17. The molecule has 0 radical (unpaired) electrons. The lowest BCUT2D eigenvalue weighted by Gasteiger charge is -2.22. The SMILES string of the molecule is C=CCNC(=O)C1CCC(=O)N1Cc1ccc(C)o1. The van der Waals surface area contributed by atoms with Gasteiger partial charge in [-0.3, -0.25) is 9.59 Å². The Morgan fingerprint density at radius 1 is 1.63 bits per heavy atom. The van der Waals surface area contributed by atoms with Gasteiger partial charge >= 0.3 is 0 Å². The standard InChI is InChI=1S/C14H18N2O3/c1-3-8-15-14(18)12-6-7-13(17)16(12)9-11-5-4-10(2)19-11/h3-5,12H,1,6-9H2,2H3,(H,15,18). The van der Waals surface area contributed by atoms with Gasteiger partial charge in [0.2, 0.25) is 11.8 Å². The molecule has 1 saturated heterocycles.